The third-order valence-electron chi connectivity index (χ3n) is 5.36. The third kappa shape index (κ3) is 6.59. The Hall–Kier alpha value is -0.493. The summed E-state index contributed by atoms with van der Waals surface area (Å²) in [4.78, 5) is 5.04. The molecular weight excluding hydrogens is 342 g/mol. The van der Waals surface area contributed by atoms with E-state index in [1.165, 1.54) is 63.5 Å². The highest BCUT2D eigenvalue weighted by Gasteiger charge is 2.39. The van der Waals surface area contributed by atoms with Gasteiger partial charge >= 0.3 is 8.80 Å². The maximum absolute atomic E-state index is 5.96. The van der Waals surface area contributed by atoms with E-state index in [1.54, 1.807) is 11.1 Å². The van der Waals surface area contributed by atoms with Crippen LogP contribution in [0.2, 0.25) is 6.04 Å². The predicted molar refractivity (Wildman–Crippen MR) is 111 cm³/mol. The van der Waals surface area contributed by atoms with Crippen LogP contribution in [0.4, 0.5) is 0 Å². The third-order valence-corrected chi connectivity index (χ3v) is 8.51. The molecule has 0 unspecified atom stereocenters. The van der Waals surface area contributed by atoms with Crippen molar-refractivity contribution in [3.05, 3.63) is 11.1 Å². The van der Waals surface area contributed by atoms with Crippen LogP contribution in [-0.4, -0.2) is 40.9 Å². The van der Waals surface area contributed by atoms with E-state index >= 15 is 0 Å². The summed E-state index contributed by atoms with van der Waals surface area (Å²) in [5, 5.41) is 0. The second-order valence-electron chi connectivity index (χ2n) is 7.26. The van der Waals surface area contributed by atoms with Gasteiger partial charge in [-0.25, -0.2) is 0 Å². The lowest BCUT2D eigenvalue weighted by Gasteiger charge is -2.28. The first kappa shape index (κ1) is 21.8. The van der Waals surface area contributed by atoms with Gasteiger partial charge in [0, 0.05) is 38.1 Å². The summed E-state index contributed by atoms with van der Waals surface area (Å²) in [5.41, 5.74) is 4.75. The fraction of sp³-hybridized carbons (Fsp3) is 0.857. The van der Waals surface area contributed by atoms with Gasteiger partial charge in [-0.2, -0.15) is 0 Å². The molecule has 2 fully saturated rings. The zero-order valence-corrected chi connectivity index (χ0v) is 18.3. The van der Waals surface area contributed by atoms with Crippen molar-refractivity contribution < 1.29 is 13.3 Å². The molecule has 0 aromatic rings. The van der Waals surface area contributed by atoms with Gasteiger partial charge in [0.15, 0.2) is 0 Å². The van der Waals surface area contributed by atoms with Gasteiger partial charge in [-0.05, 0) is 84.1 Å². The molecule has 0 aliphatic heterocycles. The number of hydrogen-bond acceptors (Lipinski definition) is 4. The van der Waals surface area contributed by atoms with Crippen molar-refractivity contribution in [2.24, 2.45) is 4.99 Å². The number of aliphatic imine (C=N–C) groups is 1. The standard InChI is InChI=1S/C21H39NO3Si/c1-4-23-26(24-5-2,25-6-3)18-12-17-22-21-16-11-10-15-20(21)19-13-8-7-9-14-19/h4-18H2,1-3H3. The van der Waals surface area contributed by atoms with Crippen molar-refractivity contribution in [1.29, 1.82) is 0 Å². The van der Waals surface area contributed by atoms with E-state index in [9.17, 15) is 0 Å². The monoisotopic (exact) mass is 381 g/mol. The highest BCUT2D eigenvalue weighted by Crippen LogP contribution is 2.32. The summed E-state index contributed by atoms with van der Waals surface area (Å²) in [6.07, 6.45) is 12.8. The van der Waals surface area contributed by atoms with Gasteiger partial charge in [0.1, 0.15) is 0 Å². The SMILES string of the molecule is CCO[Si](CCCN=C1CCCCC1=C1CCCCC1)(OCC)OCC. The second kappa shape index (κ2) is 12.1. The quantitative estimate of drug-likeness (QED) is 0.360. The molecule has 0 saturated heterocycles. The normalized spacial score (nSPS) is 20.8. The van der Waals surface area contributed by atoms with Gasteiger partial charge in [-0.3, -0.25) is 4.99 Å². The minimum Gasteiger partial charge on any atom is -0.374 e. The number of allylic oxidation sites excluding steroid dienone is 2. The molecule has 0 heterocycles. The molecule has 0 radical (unpaired) electrons. The summed E-state index contributed by atoms with van der Waals surface area (Å²) in [5.74, 6) is 0. The van der Waals surface area contributed by atoms with E-state index in [1.807, 2.05) is 20.8 Å². The zero-order valence-electron chi connectivity index (χ0n) is 17.3. The second-order valence-corrected chi connectivity index (χ2v) is 10.00. The van der Waals surface area contributed by atoms with Crippen LogP contribution in [-0.2, 0) is 13.3 Å². The van der Waals surface area contributed by atoms with Crippen LogP contribution in [0.3, 0.4) is 0 Å². The lowest BCUT2D eigenvalue weighted by molar-refractivity contribution is 0.0710. The molecule has 2 aliphatic carbocycles. The average molecular weight is 382 g/mol. The Morgan fingerprint density at radius 2 is 1.35 bits per heavy atom. The van der Waals surface area contributed by atoms with Crippen molar-refractivity contribution in [3.63, 3.8) is 0 Å². The molecule has 4 nitrogen and oxygen atoms in total. The Morgan fingerprint density at radius 1 is 0.769 bits per heavy atom. The Bertz CT molecular complexity index is 451. The molecule has 0 amide bonds. The van der Waals surface area contributed by atoms with Gasteiger partial charge in [0.25, 0.3) is 0 Å². The lowest BCUT2D eigenvalue weighted by atomic mass is 9.83. The number of rotatable bonds is 10. The van der Waals surface area contributed by atoms with Gasteiger partial charge in [-0.15, -0.1) is 0 Å². The summed E-state index contributed by atoms with van der Waals surface area (Å²) in [6.45, 7) is 8.87. The zero-order chi connectivity index (χ0) is 18.7. The molecule has 26 heavy (non-hydrogen) atoms. The molecule has 0 N–H and O–H groups in total. The summed E-state index contributed by atoms with van der Waals surface area (Å²) in [6, 6.07) is 0.866. The molecule has 0 aromatic heterocycles. The van der Waals surface area contributed by atoms with Gasteiger partial charge in [-0.1, -0.05) is 12.0 Å². The Morgan fingerprint density at radius 3 is 1.96 bits per heavy atom. The minimum absolute atomic E-state index is 0.650. The first-order valence-electron chi connectivity index (χ1n) is 10.9. The Labute approximate surface area is 161 Å². The van der Waals surface area contributed by atoms with Crippen LogP contribution in [0.1, 0.15) is 85.0 Å². The van der Waals surface area contributed by atoms with Crippen molar-refractivity contribution >= 4 is 14.5 Å². The van der Waals surface area contributed by atoms with Crippen LogP contribution >= 0.6 is 0 Å². The Balaban J connectivity index is 1.95. The van der Waals surface area contributed by atoms with Gasteiger partial charge in [0.2, 0.25) is 0 Å². The van der Waals surface area contributed by atoms with E-state index in [0.717, 1.165) is 19.0 Å². The molecule has 0 aromatic carbocycles. The highest BCUT2D eigenvalue weighted by molar-refractivity contribution is 6.60. The van der Waals surface area contributed by atoms with Gasteiger partial charge < -0.3 is 13.3 Å². The van der Waals surface area contributed by atoms with Crippen LogP contribution in [0.25, 0.3) is 0 Å². The maximum atomic E-state index is 5.96. The van der Waals surface area contributed by atoms with Crippen molar-refractivity contribution in [2.75, 3.05) is 26.4 Å². The van der Waals surface area contributed by atoms with Crippen LogP contribution in [0, 0.1) is 0 Å². The molecule has 150 valence electrons. The molecule has 2 aliphatic rings. The summed E-state index contributed by atoms with van der Waals surface area (Å²) < 4.78 is 17.9. The summed E-state index contributed by atoms with van der Waals surface area (Å²) in [7, 11) is -2.51. The van der Waals surface area contributed by atoms with Crippen LogP contribution in [0.5, 0.6) is 0 Å². The number of nitrogens with zero attached hydrogens (tertiary/aromatic N) is 1. The molecular formula is C21H39NO3Si. The Kier molecular flexibility index (Phi) is 10.1. The molecule has 5 heteroatoms. The average Bonchev–Trinajstić information content (AvgIpc) is 2.67. The number of hydrogen-bond donors (Lipinski definition) is 0. The van der Waals surface area contributed by atoms with E-state index in [2.05, 4.69) is 0 Å². The predicted octanol–water partition coefficient (Wildman–Crippen LogP) is 5.70. The first-order valence-corrected chi connectivity index (χ1v) is 12.8. The topological polar surface area (TPSA) is 40.0 Å². The lowest BCUT2D eigenvalue weighted by Crippen LogP contribution is -2.46. The minimum atomic E-state index is -2.51. The molecule has 0 atom stereocenters. The van der Waals surface area contributed by atoms with Crippen molar-refractivity contribution in [1.82, 2.24) is 0 Å². The van der Waals surface area contributed by atoms with Gasteiger partial charge in [0.05, 0.1) is 0 Å². The van der Waals surface area contributed by atoms with Crippen molar-refractivity contribution in [2.45, 2.75) is 91.0 Å². The highest BCUT2D eigenvalue weighted by atomic mass is 28.4. The maximum Gasteiger partial charge on any atom is 0.500 e. The van der Waals surface area contributed by atoms with Crippen LogP contribution < -0.4 is 0 Å². The van der Waals surface area contributed by atoms with E-state index in [4.69, 9.17) is 18.3 Å². The summed E-state index contributed by atoms with van der Waals surface area (Å²) >= 11 is 0. The van der Waals surface area contributed by atoms with Crippen molar-refractivity contribution in [3.8, 4) is 0 Å². The van der Waals surface area contributed by atoms with Crippen LogP contribution in [0.15, 0.2) is 16.1 Å². The largest absolute Gasteiger partial charge is 0.500 e. The fourth-order valence-corrected chi connectivity index (χ4v) is 6.83. The smallest absolute Gasteiger partial charge is 0.374 e. The molecule has 2 saturated carbocycles. The molecule has 0 bridgehead atoms. The fourth-order valence-electron chi connectivity index (χ4n) is 4.24. The van der Waals surface area contributed by atoms with E-state index in [-0.39, 0.29) is 0 Å². The first-order chi connectivity index (χ1) is 12.7. The molecule has 0 spiro atoms. The van der Waals surface area contributed by atoms with E-state index in [0.29, 0.717) is 19.8 Å². The molecule has 2 rings (SSSR count). The van der Waals surface area contributed by atoms with E-state index < -0.39 is 8.80 Å².